The molecule has 0 spiro atoms. The van der Waals surface area contributed by atoms with Crippen molar-refractivity contribution in [1.82, 2.24) is 14.5 Å². The topological polar surface area (TPSA) is 50.9 Å². The number of fused-ring (bicyclic) bond motifs is 2. The maximum absolute atomic E-state index is 11.8. The van der Waals surface area contributed by atoms with Gasteiger partial charge in [-0.15, -0.1) is 29.3 Å². The van der Waals surface area contributed by atoms with Crippen molar-refractivity contribution in [3.8, 4) is 56.3 Å². The molecule has 8 rings (SSSR count). The van der Waals surface area contributed by atoms with Gasteiger partial charge in [-0.2, -0.15) is 0 Å². The van der Waals surface area contributed by atoms with E-state index in [2.05, 4.69) is 137 Å². The number of hydrogen-bond donors (Lipinski definition) is 1. The molecule has 0 aliphatic heterocycles. The van der Waals surface area contributed by atoms with E-state index in [1.54, 1.807) is 0 Å². The van der Waals surface area contributed by atoms with Gasteiger partial charge < -0.3 is 5.11 Å². The van der Waals surface area contributed by atoms with Crippen molar-refractivity contribution in [2.75, 3.05) is 0 Å². The number of benzene rings is 5. The minimum atomic E-state index is -0.0971. The van der Waals surface area contributed by atoms with E-state index in [0.29, 0.717) is 0 Å². The molecule has 0 saturated heterocycles. The smallest absolute Gasteiger partial charge is 0.148 e. The van der Waals surface area contributed by atoms with E-state index < -0.39 is 0 Å². The third-order valence-electron chi connectivity index (χ3n) is 10.5. The van der Waals surface area contributed by atoms with Crippen LogP contribution in [-0.4, -0.2) is 19.6 Å². The number of nitrogens with zero attached hydrogens (tertiary/aromatic N) is 3. The van der Waals surface area contributed by atoms with Crippen molar-refractivity contribution in [2.24, 2.45) is 0 Å². The first kappa shape index (κ1) is 36.6. The monoisotopic (exact) mass is 875 g/mol. The molecule has 2 heterocycles. The van der Waals surface area contributed by atoms with E-state index in [1.807, 2.05) is 30.5 Å². The van der Waals surface area contributed by atoms with Crippen molar-refractivity contribution < 1.29 is 26.2 Å². The fourth-order valence-electron chi connectivity index (χ4n) is 7.55. The van der Waals surface area contributed by atoms with Crippen molar-refractivity contribution >= 4 is 11.0 Å². The number of pyridine rings is 1. The molecule has 2 aromatic heterocycles. The Kier molecular flexibility index (Phi) is 9.81. The summed E-state index contributed by atoms with van der Waals surface area (Å²) in [6.45, 7) is 13.5. The standard InChI is InChI=1S/C48H46N3O.Pt/c1-47(2,3)36-22-23-42(39(30-36)31-15-8-7-9-16-31)51-43-21-14-19-38(34-25-35(41-20-12-13-24-49-41)27-37(26-34)48(4,5)6)45(43)50-46(51)40-28-32-17-10-11-18-33(32)29-44(40)52;/h7-9,12-16,19-24,26-30,52H,10-11,17-18H2,1-6H3;/q-1;. The van der Waals surface area contributed by atoms with E-state index in [-0.39, 0.29) is 37.6 Å². The van der Waals surface area contributed by atoms with E-state index in [0.717, 1.165) is 87.3 Å². The Balaban J connectivity index is 0.00000435. The Morgan fingerprint density at radius 1 is 0.642 bits per heavy atom. The van der Waals surface area contributed by atoms with Gasteiger partial charge in [-0.05, 0) is 95.2 Å². The molecule has 0 fully saturated rings. The number of aryl methyl sites for hydroxylation is 2. The van der Waals surface area contributed by atoms with Gasteiger partial charge in [0.15, 0.2) is 0 Å². The van der Waals surface area contributed by atoms with Crippen molar-refractivity contribution in [3.05, 3.63) is 144 Å². The molecule has 270 valence electrons. The number of phenolic OH excluding ortho intramolecular Hbond substituents is 1. The second-order valence-corrected chi connectivity index (χ2v) is 16.3. The van der Waals surface area contributed by atoms with Crippen LogP contribution in [0.4, 0.5) is 0 Å². The van der Waals surface area contributed by atoms with E-state index in [9.17, 15) is 5.11 Å². The number of aromatic hydroxyl groups is 1. The van der Waals surface area contributed by atoms with Gasteiger partial charge in [0.1, 0.15) is 11.6 Å². The number of hydrogen-bond acceptors (Lipinski definition) is 3. The average Bonchev–Trinajstić information content (AvgIpc) is 3.53. The summed E-state index contributed by atoms with van der Waals surface area (Å²) in [5, 5.41) is 11.8. The first-order chi connectivity index (χ1) is 25.0. The summed E-state index contributed by atoms with van der Waals surface area (Å²) in [5.41, 5.74) is 14.5. The molecule has 7 aromatic rings. The van der Waals surface area contributed by atoms with Crippen molar-refractivity contribution in [3.63, 3.8) is 0 Å². The summed E-state index contributed by atoms with van der Waals surface area (Å²) in [6, 6.07) is 42.2. The van der Waals surface area contributed by atoms with Crippen LogP contribution in [0.1, 0.15) is 76.6 Å². The third kappa shape index (κ3) is 7.02. The Labute approximate surface area is 328 Å². The average molecular weight is 876 g/mol. The summed E-state index contributed by atoms with van der Waals surface area (Å²) < 4.78 is 2.27. The molecule has 0 bridgehead atoms. The normalized spacial score (nSPS) is 13.1. The Bertz CT molecular complexity index is 2430. The number of aromatic nitrogens is 3. The Hall–Kier alpha value is -4.79. The number of phenols is 1. The molecule has 1 N–H and O–H groups in total. The van der Waals surface area contributed by atoms with Crippen LogP contribution in [-0.2, 0) is 44.7 Å². The molecular weight excluding hydrogens is 830 g/mol. The molecule has 0 unspecified atom stereocenters. The van der Waals surface area contributed by atoms with E-state index in [1.165, 1.54) is 22.3 Å². The second kappa shape index (κ2) is 14.2. The minimum absolute atomic E-state index is 0. The number of imidazole rings is 1. The number of rotatable bonds is 5. The number of para-hydroxylation sites is 1. The Morgan fingerprint density at radius 2 is 1.34 bits per heavy atom. The van der Waals surface area contributed by atoms with Gasteiger partial charge in [0.05, 0.1) is 22.3 Å². The Morgan fingerprint density at radius 3 is 2.04 bits per heavy atom. The predicted molar refractivity (Wildman–Crippen MR) is 215 cm³/mol. The maximum Gasteiger partial charge on any atom is 0.148 e. The largest absolute Gasteiger partial charge is 0.507 e. The van der Waals surface area contributed by atoms with Crippen LogP contribution in [0.5, 0.6) is 5.75 Å². The summed E-state index contributed by atoms with van der Waals surface area (Å²) in [6.07, 6.45) is 6.15. The first-order valence-electron chi connectivity index (χ1n) is 18.5. The zero-order chi connectivity index (χ0) is 36.2. The van der Waals surface area contributed by atoms with E-state index in [4.69, 9.17) is 9.97 Å². The molecule has 5 heteroatoms. The van der Waals surface area contributed by atoms with Gasteiger partial charge in [0.2, 0.25) is 0 Å². The van der Waals surface area contributed by atoms with Gasteiger partial charge in [0.25, 0.3) is 0 Å². The molecule has 0 radical (unpaired) electrons. The van der Waals surface area contributed by atoms with Gasteiger partial charge in [-0.3, -0.25) is 9.55 Å². The fraction of sp³-hybridized carbons (Fsp3) is 0.250. The minimum Gasteiger partial charge on any atom is -0.507 e. The summed E-state index contributed by atoms with van der Waals surface area (Å²) in [5.74, 6) is 0.996. The third-order valence-corrected chi connectivity index (χ3v) is 10.5. The van der Waals surface area contributed by atoms with Crippen molar-refractivity contribution in [1.29, 1.82) is 0 Å². The van der Waals surface area contributed by atoms with Gasteiger partial charge >= 0.3 is 0 Å². The van der Waals surface area contributed by atoms with Gasteiger partial charge in [-0.1, -0.05) is 113 Å². The first-order valence-corrected chi connectivity index (χ1v) is 18.5. The molecule has 1 aliphatic carbocycles. The van der Waals surface area contributed by atoms with Crippen LogP contribution >= 0.6 is 0 Å². The van der Waals surface area contributed by atoms with Crippen LogP contribution in [0.2, 0.25) is 0 Å². The van der Waals surface area contributed by atoms with Crippen LogP contribution in [0.3, 0.4) is 0 Å². The molecule has 53 heavy (non-hydrogen) atoms. The van der Waals surface area contributed by atoms with Gasteiger partial charge in [0, 0.05) is 38.5 Å². The maximum atomic E-state index is 11.8. The molecule has 0 amide bonds. The molecule has 4 nitrogen and oxygen atoms in total. The van der Waals surface area contributed by atoms with Crippen LogP contribution in [0.25, 0.3) is 61.6 Å². The SMILES string of the molecule is CC(C)(C)c1cc(-c2ccccn2)[c-]c(-c2cccc3c2nc(-c2cc4c(cc2O)CCCC4)n3-c2ccc(C(C)(C)C)cc2-c2ccccc2)c1.[Pt]. The zero-order valence-corrected chi connectivity index (χ0v) is 33.7. The summed E-state index contributed by atoms with van der Waals surface area (Å²) in [4.78, 5) is 10.2. The molecule has 0 atom stereocenters. The van der Waals surface area contributed by atoms with Crippen LogP contribution < -0.4 is 0 Å². The van der Waals surface area contributed by atoms with Gasteiger partial charge in [-0.25, -0.2) is 4.98 Å². The fourth-order valence-corrected chi connectivity index (χ4v) is 7.55. The zero-order valence-electron chi connectivity index (χ0n) is 31.4. The predicted octanol–water partition coefficient (Wildman–Crippen LogP) is 12.1. The quantitative estimate of drug-likeness (QED) is 0.175. The van der Waals surface area contributed by atoms with Crippen LogP contribution in [0, 0.1) is 6.07 Å². The summed E-state index contributed by atoms with van der Waals surface area (Å²) >= 11 is 0. The molecule has 5 aromatic carbocycles. The molecule has 0 saturated carbocycles. The summed E-state index contributed by atoms with van der Waals surface area (Å²) in [7, 11) is 0. The van der Waals surface area contributed by atoms with Crippen LogP contribution in [0.15, 0.2) is 115 Å². The second-order valence-electron chi connectivity index (χ2n) is 16.3. The molecule has 1 aliphatic rings. The van der Waals surface area contributed by atoms with E-state index >= 15 is 0 Å². The van der Waals surface area contributed by atoms with Crippen molar-refractivity contribution in [2.45, 2.75) is 78.1 Å². The molecular formula is C48H46N3OPt-.